The molecule has 1 unspecified atom stereocenters. The van der Waals surface area contributed by atoms with Crippen LogP contribution in [-0.2, 0) is 16.0 Å². The summed E-state index contributed by atoms with van der Waals surface area (Å²) in [5.74, 6) is 0.307. The molecule has 3 nitrogen and oxygen atoms in total. The smallest absolute Gasteiger partial charge is 0.310 e. The van der Waals surface area contributed by atoms with Crippen LogP contribution < -0.4 is 0 Å². The van der Waals surface area contributed by atoms with Crippen molar-refractivity contribution in [2.24, 2.45) is 5.92 Å². The Morgan fingerprint density at radius 1 is 1.41 bits per heavy atom. The number of thiophene rings is 1. The van der Waals surface area contributed by atoms with Gasteiger partial charge < -0.3 is 4.74 Å². The molecular weight excluding hydrogens is 236 g/mol. The van der Waals surface area contributed by atoms with Gasteiger partial charge in [-0.1, -0.05) is 20.3 Å². The molecule has 0 saturated carbocycles. The molecule has 1 aromatic heterocycles. The van der Waals surface area contributed by atoms with E-state index in [0.717, 1.165) is 16.2 Å². The van der Waals surface area contributed by atoms with Crippen LogP contribution in [0.2, 0.25) is 0 Å². The quantitative estimate of drug-likeness (QED) is 0.579. The Hall–Kier alpha value is -1.16. The molecule has 0 aliphatic rings. The lowest BCUT2D eigenvalue weighted by molar-refractivity contribution is -0.139. The van der Waals surface area contributed by atoms with Gasteiger partial charge in [0.1, 0.15) is 0 Å². The summed E-state index contributed by atoms with van der Waals surface area (Å²) in [5, 5.41) is 0. The van der Waals surface area contributed by atoms with Crippen LogP contribution in [-0.4, -0.2) is 18.9 Å². The molecule has 94 valence electrons. The second kappa shape index (κ2) is 6.55. The second-order valence-corrected chi connectivity index (χ2v) is 5.33. The number of ketones is 1. The first-order valence-corrected chi connectivity index (χ1v) is 6.57. The minimum atomic E-state index is -0.271. The van der Waals surface area contributed by atoms with E-state index in [1.807, 2.05) is 6.07 Å². The Balaban J connectivity index is 2.61. The van der Waals surface area contributed by atoms with E-state index in [2.05, 4.69) is 18.6 Å². The Morgan fingerprint density at radius 2 is 2.12 bits per heavy atom. The summed E-state index contributed by atoms with van der Waals surface area (Å²) in [5.41, 5.74) is 0. The van der Waals surface area contributed by atoms with Crippen LogP contribution in [0.1, 0.15) is 41.2 Å². The number of rotatable bonds is 6. The van der Waals surface area contributed by atoms with Crippen molar-refractivity contribution < 1.29 is 14.3 Å². The van der Waals surface area contributed by atoms with Gasteiger partial charge in [0.2, 0.25) is 0 Å². The lowest BCUT2D eigenvalue weighted by atomic mass is 10.0. The van der Waals surface area contributed by atoms with Crippen molar-refractivity contribution in [3.8, 4) is 0 Å². The summed E-state index contributed by atoms with van der Waals surface area (Å²) < 4.78 is 4.59. The van der Waals surface area contributed by atoms with Crippen LogP contribution in [0.4, 0.5) is 0 Å². The van der Waals surface area contributed by atoms with Gasteiger partial charge in [-0.3, -0.25) is 9.59 Å². The molecule has 1 heterocycles. The van der Waals surface area contributed by atoms with Gasteiger partial charge in [0.25, 0.3) is 0 Å². The molecular formula is C13H18O3S. The van der Waals surface area contributed by atoms with Gasteiger partial charge in [0, 0.05) is 11.3 Å². The van der Waals surface area contributed by atoms with E-state index in [1.54, 1.807) is 6.07 Å². The number of Topliss-reactive ketones (excluding diaryl/α,β-unsaturated/α-hetero) is 1. The van der Waals surface area contributed by atoms with Gasteiger partial charge in [-0.25, -0.2) is 0 Å². The van der Waals surface area contributed by atoms with Crippen molar-refractivity contribution in [2.75, 3.05) is 7.11 Å². The topological polar surface area (TPSA) is 43.4 Å². The molecule has 0 aliphatic carbocycles. The molecule has 0 aromatic carbocycles. The van der Waals surface area contributed by atoms with Crippen LogP contribution in [0.5, 0.6) is 0 Å². The van der Waals surface area contributed by atoms with Crippen LogP contribution in [0.15, 0.2) is 12.1 Å². The summed E-state index contributed by atoms with van der Waals surface area (Å²) in [7, 11) is 1.37. The van der Waals surface area contributed by atoms with Crippen molar-refractivity contribution >= 4 is 23.1 Å². The van der Waals surface area contributed by atoms with E-state index in [1.165, 1.54) is 18.4 Å². The van der Waals surface area contributed by atoms with Gasteiger partial charge in [-0.05, 0) is 18.1 Å². The number of methoxy groups -OCH3 is 1. The maximum atomic E-state index is 11.9. The second-order valence-electron chi connectivity index (χ2n) is 4.16. The van der Waals surface area contributed by atoms with E-state index in [9.17, 15) is 9.59 Å². The highest BCUT2D eigenvalue weighted by Gasteiger charge is 2.13. The lowest BCUT2D eigenvalue weighted by Crippen LogP contribution is -2.03. The third-order valence-corrected chi connectivity index (χ3v) is 3.84. The normalized spacial score (nSPS) is 12.2. The standard InChI is InChI=1S/C13H18O3S/c1-4-9(2)7-11(14)12-6-5-10(17-12)8-13(15)16-3/h5-6,9H,4,7-8H2,1-3H3. The Bertz CT molecular complexity index is 395. The summed E-state index contributed by atoms with van der Waals surface area (Å²) in [6, 6.07) is 3.62. The highest BCUT2D eigenvalue weighted by Crippen LogP contribution is 2.21. The summed E-state index contributed by atoms with van der Waals surface area (Å²) in [6.07, 6.45) is 1.83. The van der Waals surface area contributed by atoms with Gasteiger partial charge in [0.15, 0.2) is 5.78 Å². The molecule has 1 atom stereocenters. The maximum absolute atomic E-state index is 11.9. The van der Waals surface area contributed by atoms with Crippen molar-refractivity contribution in [3.63, 3.8) is 0 Å². The Kier molecular flexibility index (Phi) is 5.35. The number of esters is 1. The number of ether oxygens (including phenoxy) is 1. The van der Waals surface area contributed by atoms with Crippen LogP contribution in [0, 0.1) is 5.92 Å². The molecule has 0 spiro atoms. The first kappa shape index (κ1) is 13.9. The largest absolute Gasteiger partial charge is 0.469 e. The van der Waals surface area contributed by atoms with Gasteiger partial charge >= 0.3 is 5.97 Å². The molecule has 4 heteroatoms. The molecule has 1 rings (SSSR count). The third-order valence-electron chi connectivity index (χ3n) is 2.71. The average molecular weight is 254 g/mol. The van der Waals surface area contributed by atoms with E-state index in [0.29, 0.717) is 12.3 Å². The van der Waals surface area contributed by atoms with E-state index in [4.69, 9.17) is 0 Å². The van der Waals surface area contributed by atoms with Gasteiger partial charge in [-0.2, -0.15) is 0 Å². The summed E-state index contributed by atoms with van der Waals surface area (Å²) in [6.45, 7) is 4.15. The van der Waals surface area contributed by atoms with Gasteiger partial charge in [0.05, 0.1) is 18.4 Å². The number of carbonyl (C=O) groups excluding carboxylic acids is 2. The molecule has 0 radical (unpaired) electrons. The van der Waals surface area contributed by atoms with Crippen LogP contribution in [0.25, 0.3) is 0 Å². The molecule has 1 aromatic rings. The maximum Gasteiger partial charge on any atom is 0.310 e. The highest BCUT2D eigenvalue weighted by molar-refractivity contribution is 7.14. The average Bonchev–Trinajstić information content (AvgIpc) is 2.77. The molecule has 0 saturated heterocycles. The van der Waals surface area contributed by atoms with E-state index >= 15 is 0 Å². The zero-order valence-electron chi connectivity index (χ0n) is 10.5. The molecule has 0 fully saturated rings. The fraction of sp³-hybridized carbons (Fsp3) is 0.538. The molecule has 17 heavy (non-hydrogen) atoms. The van der Waals surface area contributed by atoms with E-state index in [-0.39, 0.29) is 18.2 Å². The van der Waals surface area contributed by atoms with Crippen molar-refractivity contribution in [3.05, 3.63) is 21.9 Å². The van der Waals surface area contributed by atoms with E-state index < -0.39 is 0 Å². The molecule has 0 aliphatic heterocycles. The molecule has 0 N–H and O–H groups in total. The first-order valence-electron chi connectivity index (χ1n) is 5.75. The minimum absolute atomic E-state index is 0.167. The summed E-state index contributed by atoms with van der Waals surface area (Å²) >= 11 is 1.39. The van der Waals surface area contributed by atoms with Crippen molar-refractivity contribution in [1.29, 1.82) is 0 Å². The first-order chi connectivity index (χ1) is 8.06. The lowest BCUT2D eigenvalue weighted by Gasteiger charge is -2.04. The number of hydrogen-bond acceptors (Lipinski definition) is 4. The molecule has 0 amide bonds. The number of carbonyl (C=O) groups is 2. The predicted molar refractivity (Wildman–Crippen MR) is 68.4 cm³/mol. The Morgan fingerprint density at radius 3 is 2.71 bits per heavy atom. The third kappa shape index (κ3) is 4.30. The fourth-order valence-corrected chi connectivity index (χ4v) is 2.34. The predicted octanol–water partition coefficient (Wildman–Crippen LogP) is 3.08. The van der Waals surface area contributed by atoms with Crippen molar-refractivity contribution in [2.45, 2.75) is 33.1 Å². The highest BCUT2D eigenvalue weighted by atomic mass is 32.1. The van der Waals surface area contributed by atoms with Crippen molar-refractivity contribution in [1.82, 2.24) is 0 Å². The minimum Gasteiger partial charge on any atom is -0.469 e. The van der Waals surface area contributed by atoms with Gasteiger partial charge in [-0.15, -0.1) is 11.3 Å². The zero-order chi connectivity index (χ0) is 12.8. The van der Waals surface area contributed by atoms with Crippen LogP contribution >= 0.6 is 11.3 Å². The van der Waals surface area contributed by atoms with Crippen LogP contribution in [0.3, 0.4) is 0 Å². The monoisotopic (exact) mass is 254 g/mol. The molecule has 0 bridgehead atoms. The number of hydrogen-bond donors (Lipinski definition) is 0. The zero-order valence-corrected chi connectivity index (χ0v) is 11.3. The fourth-order valence-electron chi connectivity index (χ4n) is 1.40. The SMILES string of the molecule is CCC(C)CC(=O)c1ccc(CC(=O)OC)s1. The Labute approximate surface area is 106 Å². The summed E-state index contributed by atoms with van der Waals surface area (Å²) in [4.78, 5) is 24.6.